The molecule has 0 unspecified atom stereocenters. The van der Waals surface area contributed by atoms with E-state index in [-0.39, 0.29) is 11.5 Å². The molecule has 6 heteroatoms. The van der Waals surface area contributed by atoms with Crippen LogP contribution in [0.2, 0.25) is 0 Å². The smallest absolute Gasteiger partial charge is 0.267 e. The van der Waals surface area contributed by atoms with E-state index in [9.17, 15) is 9.59 Å². The highest BCUT2D eigenvalue weighted by Crippen LogP contribution is 2.07. The summed E-state index contributed by atoms with van der Waals surface area (Å²) < 4.78 is 1.10. The number of nitrogens with one attached hydrogen (secondary N) is 1. The Bertz CT molecular complexity index is 793. The summed E-state index contributed by atoms with van der Waals surface area (Å²) in [6, 6.07) is 8.69. The molecule has 0 aliphatic heterocycles. The Hall–Kier alpha value is -2.47. The van der Waals surface area contributed by atoms with Crippen molar-refractivity contribution in [2.75, 3.05) is 5.43 Å². The lowest BCUT2D eigenvalue weighted by Gasteiger charge is -2.07. The zero-order valence-electron chi connectivity index (χ0n) is 9.74. The summed E-state index contributed by atoms with van der Waals surface area (Å²) in [5.74, 6) is -0.333. The van der Waals surface area contributed by atoms with Crippen LogP contribution >= 0.6 is 11.3 Å². The average Bonchev–Trinajstić information content (AvgIpc) is 2.96. The maximum Gasteiger partial charge on any atom is 0.280 e. The molecule has 94 valence electrons. The quantitative estimate of drug-likeness (QED) is 0.773. The van der Waals surface area contributed by atoms with E-state index in [0.717, 1.165) is 4.68 Å². The first-order valence-corrected chi connectivity index (χ1v) is 6.50. The third-order valence-corrected chi connectivity index (χ3v) is 3.35. The summed E-state index contributed by atoms with van der Waals surface area (Å²) >= 11 is 1.42. The molecule has 1 N–H and O–H groups in total. The molecular weight excluding hydrogens is 262 g/mol. The van der Waals surface area contributed by atoms with Gasteiger partial charge in [-0.25, -0.2) is 9.66 Å². The molecule has 1 amide bonds. The number of amides is 1. The molecule has 5 nitrogen and oxygen atoms in total. The van der Waals surface area contributed by atoms with Gasteiger partial charge in [-0.1, -0.05) is 12.1 Å². The molecule has 0 radical (unpaired) electrons. The van der Waals surface area contributed by atoms with Gasteiger partial charge in [0.2, 0.25) is 0 Å². The van der Waals surface area contributed by atoms with Gasteiger partial charge in [0.05, 0.1) is 16.5 Å². The molecule has 0 aliphatic rings. The number of carbonyl (C=O) groups is 1. The Morgan fingerprint density at radius 1 is 1.26 bits per heavy atom. The first-order valence-electron chi connectivity index (χ1n) is 5.55. The van der Waals surface area contributed by atoms with Crippen molar-refractivity contribution in [1.82, 2.24) is 9.66 Å². The number of aromatic nitrogens is 2. The van der Waals surface area contributed by atoms with Crippen LogP contribution in [0.15, 0.2) is 52.2 Å². The van der Waals surface area contributed by atoms with Gasteiger partial charge in [0, 0.05) is 5.38 Å². The van der Waals surface area contributed by atoms with Crippen molar-refractivity contribution in [3.05, 3.63) is 63.3 Å². The number of hydrogen-bond acceptors (Lipinski definition) is 4. The van der Waals surface area contributed by atoms with Crippen molar-refractivity contribution in [2.45, 2.75) is 0 Å². The predicted octanol–water partition coefficient (Wildman–Crippen LogP) is 1.84. The van der Waals surface area contributed by atoms with E-state index in [1.54, 1.807) is 35.0 Å². The van der Waals surface area contributed by atoms with E-state index in [0.29, 0.717) is 16.5 Å². The van der Waals surface area contributed by atoms with E-state index >= 15 is 0 Å². The molecule has 3 aromatic rings. The third kappa shape index (κ3) is 2.13. The molecule has 3 rings (SSSR count). The zero-order chi connectivity index (χ0) is 13.2. The van der Waals surface area contributed by atoms with Gasteiger partial charge in [-0.3, -0.25) is 15.0 Å². The number of fused-ring (bicyclic) bond motifs is 1. The van der Waals surface area contributed by atoms with Crippen molar-refractivity contribution in [3.8, 4) is 0 Å². The second kappa shape index (κ2) is 4.66. The van der Waals surface area contributed by atoms with Gasteiger partial charge < -0.3 is 0 Å². The number of rotatable bonds is 2. The fraction of sp³-hybridized carbons (Fsp3) is 0. The molecule has 2 aromatic heterocycles. The molecule has 0 aliphatic carbocycles. The number of para-hydroxylation sites is 1. The van der Waals surface area contributed by atoms with Crippen LogP contribution in [-0.2, 0) is 0 Å². The van der Waals surface area contributed by atoms with Crippen LogP contribution in [-0.4, -0.2) is 15.6 Å². The first-order chi connectivity index (χ1) is 9.25. The second-order valence-electron chi connectivity index (χ2n) is 3.89. The van der Waals surface area contributed by atoms with E-state index in [1.165, 1.54) is 17.7 Å². The minimum Gasteiger partial charge on any atom is -0.267 e. The van der Waals surface area contributed by atoms with Gasteiger partial charge >= 0.3 is 0 Å². The van der Waals surface area contributed by atoms with Crippen LogP contribution < -0.4 is 11.0 Å². The van der Waals surface area contributed by atoms with Crippen molar-refractivity contribution < 1.29 is 4.79 Å². The summed E-state index contributed by atoms with van der Waals surface area (Å²) in [5, 5.41) is 3.99. The van der Waals surface area contributed by atoms with Gasteiger partial charge in [-0.2, -0.15) is 11.3 Å². The topological polar surface area (TPSA) is 64.0 Å². The van der Waals surface area contributed by atoms with Crippen molar-refractivity contribution in [3.63, 3.8) is 0 Å². The maximum absolute atomic E-state index is 12.1. The highest BCUT2D eigenvalue weighted by Gasteiger charge is 2.08. The SMILES string of the molecule is O=C(Nn1cnc2ccccc2c1=O)c1ccsc1. The Labute approximate surface area is 112 Å². The molecule has 2 heterocycles. The largest absolute Gasteiger partial charge is 0.280 e. The monoisotopic (exact) mass is 271 g/mol. The van der Waals surface area contributed by atoms with E-state index < -0.39 is 0 Å². The molecule has 0 fully saturated rings. The normalized spacial score (nSPS) is 10.5. The molecule has 19 heavy (non-hydrogen) atoms. The average molecular weight is 271 g/mol. The molecule has 1 aromatic carbocycles. The van der Waals surface area contributed by atoms with Crippen molar-refractivity contribution >= 4 is 28.1 Å². The number of thiophene rings is 1. The predicted molar refractivity (Wildman–Crippen MR) is 74.0 cm³/mol. The fourth-order valence-electron chi connectivity index (χ4n) is 1.72. The minimum absolute atomic E-state index is 0.297. The molecule has 0 atom stereocenters. The summed E-state index contributed by atoms with van der Waals surface area (Å²) in [7, 11) is 0. The maximum atomic E-state index is 12.1. The lowest BCUT2D eigenvalue weighted by atomic mass is 10.2. The van der Waals surface area contributed by atoms with E-state index in [1.807, 2.05) is 6.07 Å². The Balaban J connectivity index is 2.00. The third-order valence-electron chi connectivity index (χ3n) is 2.67. The Morgan fingerprint density at radius 2 is 2.11 bits per heavy atom. The lowest BCUT2D eigenvalue weighted by Crippen LogP contribution is -2.33. The van der Waals surface area contributed by atoms with E-state index in [4.69, 9.17) is 0 Å². The van der Waals surface area contributed by atoms with Gasteiger partial charge in [-0.05, 0) is 23.6 Å². The van der Waals surface area contributed by atoms with Crippen LogP contribution in [0.5, 0.6) is 0 Å². The van der Waals surface area contributed by atoms with Crippen molar-refractivity contribution in [1.29, 1.82) is 0 Å². The van der Waals surface area contributed by atoms with Crippen LogP contribution in [0.1, 0.15) is 10.4 Å². The second-order valence-corrected chi connectivity index (χ2v) is 4.67. The zero-order valence-corrected chi connectivity index (χ0v) is 10.6. The highest BCUT2D eigenvalue weighted by molar-refractivity contribution is 7.08. The molecule has 0 bridgehead atoms. The van der Waals surface area contributed by atoms with E-state index in [2.05, 4.69) is 10.4 Å². The summed E-state index contributed by atoms with van der Waals surface area (Å²) in [5.41, 5.74) is 3.34. The van der Waals surface area contributed by atoms with Gasteiger partial charge in [0.15, 0.2) is 0 Å². The van der Waals surface area contributed by atoms with Crippen molar-refractivity contribution in [2.24, 2.45) is 0 Å². The summed E-state index contributed by atoms with van der Waals surface area (Å²) in [4.78, 5) is 28.1. The van der Waals surface area contributed by atoms with Crippen LogP contribution in [0, 0.1) is 0 Å². The number of nitrogens with zero attached hydrogens (tertiary/aromatic N) is 2. The fourth-order valence-corrected chi connectivity index (χ4v) is 2.35. The van der Waals surface area contributed by atoms with Gasteiger partial charge in [0.25, 0.3) is 11.5 Å². The number of benzene rings is 1. The molecule has 0 saturated carbocycles. The van der Waals surface area contributed by atoms with Gasteiger partial charge in [-0.15, -0.1) is 0 Å². The Morgan fingerprint density at radius 3 is 2.89 bits per heavy atom. The number of carbonyl (C=O) groups excluding carboxylic acids is 1. The Kier molecular flexibility index (Phi) is 2.85. The molecule has 0 saturated heterocycles. The minimum atomic E-state index is -0.333. The molecule has 0 spiro atoms. The summed E-state index contributed by atoms with van der Waals surface area (Å²) in [6.07, 6.45) is 1.31. The van der Waals surface area contributed by atoms with Crippen LogP contribution in [0.4, 0.5) is 0 Å². The molecular formula is C13H9N3O2S. The summed E-state index contributed by atoms with van der Waals surface area (Å²) in [6.45, 7) is 0. The lowest BCUT2D eigenvalue weighted by molar-refractivity contribution is 0.101. The van der Waals surface area contributed by atoms with Crippen LogP contribution in [0.3, 0.4) is 0 Å². The van der Waals surface area contributed by atoms with Crippen LogP contribution in [0.25, 0.3) is 10.9 Å². The first kappa shape index (κ1) is 11.6. The standard InChI is InChI=1S/C13H9N3O2S/c17-12(9-5-6-19-7-9)15-16-8-14-11-4-2-1-3-10(11)13(16)18/h1-8H,(H,15,17). The highest BCUT2D eigenvalue weighted by atomic mass is 32.1. The number of hydrogen-bond donors (Lipinski definition) is 1. The van der Waals surface area contributed by atoms with Gasteiger partial charge in [0.1, 0.15) is 6.33 Å².